The van der Waals surface area contributed by atoms with E-state index in [1.165, 1.54) is 44.3 Å². The Hall–Kier alpha value is 0.270. The summed E-state index contributed by atoms with van der Waals surface area (Å²) in [5.41, 5.74) is 0. The van der Waals surface area contributed by atoms with Crippen molar-refractivity contribution in [1.29, 1.82) is 0 Å². The fourth-order valence-corrected chi connectivity index (χ4v) is 3.39. The molecule has 1 saturated heterocycles. The van der Waals surface area contributed by atoms with Crippen LogP contribution < -0.4 is 5.32 Å². The Morgan fingerprint density at radius 1 is 1.37 bits per heavy atom. The number of nitrogens with one attached hydrogen (secondary N) is 1. The molecule has 2 unspecified atom stereocenters. The van der Waals surface area contributed by atoms with Crippen molar-refractivity contribution in [1.82, 2.24) is 5.32 Å². The summed E-state index contributed by atoms with van der Waals surface area (Å²) >= 11 is 2.08. The fraction of sp³-hybridized carbons (Fsp3) is 1.00. The summed E-state index contributed by atoms with van der Waals surface area (Å²) < 4.78 is 6.08. The number of ether oxygens (including phenoxy) is 1. The molecule has 1 aliphatic heterocycles. The SMILES string of the molecule is CCCNC(CCCC1CCCO1)CSC(C)(C)C. The first-order chi connectivity index (χ1) is 9.01. The van der Waals surface area contributed by atoms with Crippen LogP contribution in [0, 0.1) is 0 Å². The maximum absolute atomic E-state index is 5.70. The lowest BCUT2D eigenvalue weighted by Gasteiger charge is -2.24. The molecule has 1 rings (SSSR count). The zero-order valence-electron chi connectivity index (χ0n) is 13.3. The van der Waals surface area contributed by atoms with Gasteiger partial charge in [-0.25, -0.2) is 0 Å². The third-order valence-corrected chi connectivity index (χ3v) is 4.94. The first-order valence-corrected chi connectivity index (χ1v) is 8.99. The van der Waals surface area contributed by atoms with Crippen LogP contribution in [-0.2, 0) is 4.74 Å². The van der Waals surface area contributed by atoms with E-state index in [4.69, 9.17) is 4.74 Å². The Labute approximate surface area is 124 Å². The van der Waals surface area contributed by atoms with Gasteiger partial charge in [-0.05, 0) is 45.1 Å². The van der Waals surface area contributed by atoms with Crippen LogP contribution in [0.25, 0.3) is 0 Å². The van der Waals surface area contributed by atoms with E-state index in [2.05, 4.69) is 44.8 Å². The van der Waals surface area contributed by atoms with Crippen molar-refractivity contribution in [2.24, 2.45) is 0 Å². The molecule has 1 aliphatic rings. The van der Waals surface area contributed by atoms with Gasteiger partial charge in [-0.1, -0.05) is 27.7 Å². The van der Waals surface area contributed by atoms with E-state index in [1.807, 2.05) is 0 Å². The second-order valence-electron chi connectivity index (χ2n) is 6.64. The molecular formula is C16H33NOS. The van der Waals surface area contributed by atoms with E-state index < -0.39 is 0 Å². The molecule has 0 bridgehead atoms. The molecule has 0 aliphatic carbocycles. The lowest BCUT2D eigenvalue weighted by atomic mass is 10.1. The predicted octanol–water partition coefficient (Wildman–Crippen LogP) is 4.24. The van der Waals surface area contributed by atoms with Crippen molar-refractivity contribution in [3.05, 3.63) is 0 Å². The van der Waals surface area contributed by atoms with Crippen LogP contribution in [0.15, 0.2) is 0 Å². The van der Waals surface area contributed by atoms with Crippen molar-refractivity contribution in [2.45, 2.75) is 83.1 Å². The summed E-state index contributed by atoms with van der Waals surface area (Å²) in [7, 11) is 0. The van der Waals surface area contributed by atoms with Crippen molar-refractivity contribution in [2.75, 3.05) is 18.9 Å². The zero-order valence-corrected chi connectivity index (χ0v) is 14.2. The number of rotatable bonds is 9. The summed E-state index contributed by atoms with van der Waals surface area (Å²) in [5, 5.41) is 3.71. The average Bonchev–Trinajstić information content (AvgIpc) is 2.84. The molecule has 2 atom stereocenters. The van der Waals surface area contributed by atoms with Gasteiger partial charge in [-0.2, -0.15) is 11.8 Å². The van der Waals surface area contributed by atoms with Gasteiger partial charge in [0.05, 0.1) is 6.10 Å². The Balaban J connectivity index is 2.19. The van der Waals surface area contributed by atoms with Gasteiger partial charge in [0.2, 0.25) is 0 Å². The molecule has 1 fully saturated rings. The molecule has 19 heavy (non-hydrogen) atoms. The molecule has 2 nitrogen and oxygen atoms in total. The van der Waals surface area contributed by atoms with Gasteiger partial charge in [0.15, 0.2) is 0 Å². The van der Waals surface area contributed by atoms with Crippen molar-refractivity contribution in [3.63, 3.8) is 0 Å². The van der Waals surface area contributed by atoms with Crippen LogP contribution in [0.5, 0.6) is 0 Å². The largest absolute Gasteiger partial charge is 0.378 e. The van der Waals surface area contributed by atoms with Gasteiger partial charge in [0.25, 0.3) is 0 Å². The Morgan fingerprint density at radius 2 is 2.16 bits per heavy atom. The highest BCUT2D eigenvalue weighted by Crippen LogP contribution is 2.25. The molecular weight excluding hydrogens is 254 g/mol. The van der Waals surface area contributed by atoms with Gasteiger partial charge in [0.1, 0.15) is 0 Å². The molecule has 0 saturated carbocycles. The van der Waals surface area contributed by atoms with E-state index in [0.29, 0.717) is 16.9 Å². The van der Waals surface area contributed by atoms with Crippen LogP contribution in [-0.4, -0.2) is 35.8 Å². The van der Waals surface area contributed by atoms with Crippen molar-refractivity contribution in [3.8, 4) is 0 Å². The molecule has 0 aromatic carbocycles. The van der Waals surface area contributed by atoms with Crippen LogP contribution >= 0.6 is 11.8 Å². The van der Waals surface area contributed by atoms with Crippen LogP contribution in [0.4, 0.5) is 0 Å². The highest BCUT2D eigenvalue weighted by Gasteiger charge is 2.18. The normalized spacial score (nSPS) is 21.8. The van der Waals surface area contributed by atoms with E-state index >= 15 is 0 Å². The number of hydrogen-bond donors (Lipinski definition) is 1. The topological polar surface area (TPSA) is 21.3 Å². The van der Waals surface area contributed by atoms with Crippen LogP contribution in [0.1, 0.15) is 66.2 Å². The summed E-state index contributed by atoms with van der Waals surface area (Å²) in [4.78, 5) is 0. The molecule has 114 valence electrons. The highest BCUT2D eigenvalue weighted by atomic mass is 32.2. The summed E-state index contributed by atoms with van der Waals surface area (Å²) in [5.74, 6) is 1.23. The third-order valence-electron chi connectivity index (χ3n) is 3.50. The standard InChI is InChI=1S/C16H33NOS/c1-5-11-17-14(13-19-16(2,3)4)8-6-9-15-10-7-12-18-15/h14-15,17H,5-13H2,1-4H3. The minimum Gasteiger partial charge on any atom is -0.378 e. The minimum atomic E-state index is 0.376. The number of hydrogen-bond acceptors (Lipinski definition) is 3. The quantitative estimate of drug-likeness (QED) is 0.685. The highest BCUT2D eigenvalue weighted by molar-refractivity contribution is 8.00. The van der Waals surface area contributed by atoms with Crippen LogP contribution in [0.3, 0.4) is 0 Å². The molecule has 1 heterocycles. The summed E-state index contributed by atoms with van der Waals surface area (Å²) in [6, 6.07) is 0.672. The van der Waals surface area contributed by atoms with E-state index in [9.17, 15) is 0 Å². The summed E-state index contributed by atoms with van der Waals surface area (Å²) in [6.07, 6.45) is 8.18. The zero-order chi connectivity index (χ0) is 14.1. The van der Waals surface area contributed by atoms with Gasteiger partial charge in [-0.15, -0.1) is 0 Å². The maximum atomic E-state index is 5.70. The molecule has 0 spiro atoms. The van der Waals surface area contributed by atoms with E-state index in [0.717, 1.165) is 13.2 Å². The fourth-order valence-electron chi connectivity index (χ4n) is 2.41. The lowest BCUT2D eigenvalue weighted by Crippen LogP contribution is -2.33. The third kappa shape index (κ3) is 8.93. The molecule has 0 amide bonds. The molecule has 1 N–H and O–H groups in total. The predicted molar refractivity (Wildman–Crippen MR) is 87.1 cm³/mol. The van der Waals surface area contributed by atoms with Crippen LogP contribution in [0.2, 0.25) is 0 Å². The van der Waals surface area contributed by atoms with Gasteiger partial charge < -0.3 is 10.1 Å². The molecule has 0 radical (unpaired) electrons. The van der Waals surface area contributed by atoms with Gasteiger partial charge in [-0.3, -0.25) is 0 Å². The smallest absolute Gasteiger partial charge is 0.0576 e. The average molecular weight is 288 g/mol. The molecule has 0 aromatic heterocycles. The first kappa shape index (κ1) is 17.3. The Kier molecular flexibility index (Phi) is 8.43. The van der Waals surface area contributed by atoms with E-state index in [1.54, 1.807) is 0 Å². The Bertz CT molecular complexity index is 221. The maximum Gasteiger partial charge on any atom is 0.0576 e. The number of thioether (sulfide) groups is 1. The first-order valence-electron chi connectivity index (χ1n) is 8.00. The Morgan fingerprint density at radius 3 is 2.74 bits per heavy atom. The van der Waals surface area contributed by atoms with Gasteiger partial charge in [0, 0.05) is 23.1 Å². The second kappa shape index (κ2) is 9.25. The van der Waals surface area contributed by atoms with Crippen molar-refractivity contribution >= 4 is 11.8 Å². The van der Waals surface area contributed by atoms with E-state index in [-0.39, 0.29) is 0 Å². The minimum absolute atomic E-state index is 0.376. The van der Waals surface area contributed by atoms with Gasteiger partial charge >= 0.3 is 0 Å². The second-order valence-corrected chi connectivity index (χ2v) is 8.49. The molecule has 0 aromatic rings. The summed E-state index contributed by atoms with van der Waals surface area (Å²) in [6.45, 7) is 11.3. The lowest BCUT2D eigenvalue weighted by molar-refractivity contribution is 0.101. The monoisotopic (exact) mass is 287 g/mol. The van der Waals surface area contributed by atoms with Crippen molar-refractivity contribution < 1.29 is 4.74 Å². The molecule has 3 heteroatoms.